The van der Waals surface area contributed by atoms with E-state index in [1.807, 2.05) is 35.7 Å². The van der Waals surface area contributed by atoms with Gasteiger partial charge in [0, 0.05) is 6.42 Å². The molecule has 3 aromatic rings. The Morgan fingerprint density at radius 2 is 1.79 bits per heavy atom. The molecule has 1 unspecified atom stereocenters. The minimum absolute atomic E-state index is 0.206. The smallest absolute Gasteiger partial charge is 0.337 e. The highest BCUT2D eigenvalue weighted by atomic mass is 32.1. The van der Waals surface area contributed by atoms with Crippen LogP contribution in [0.3, 0.4) is 0 Å². The second-order valence-corrected chi connectivity index (χ2v) is 8.35. The van der Waals surface area contributed by atoms with Gasteiger partial charge in [-0.05, 0) is 53.4 Å². The normalized spacial score (nSPS) is 15.0. The van der Waals surface area contributed by atoms with E-state index >= 15 is 0 Å². The first-order valence-electron chi connectivity index (χ1n) is 10.5. The van der Waals surface area contributed by atoms with Crippen molar-refractivity contribution in [3.63, 3.8) is 0 Å². The second kappa shape index (κ2) is 10.4. The van der Waals surface area contributed by atoms with Crippen LogP contribution in [0.1, 0.15) is 33.3 Å². The van der Waals surface area contributed by atoms with E-state index in [9.17, 15) is 9.59 Å². The average molecular weight is 481 g/mol. The molecule has 8 nitrogen and oxygen atoms in total. The van der Waals surface area contributed by atoms with Crippen molar-refractivity contribution in [2.45, 2.75) is 12.5 Å². The molecule has 1 aliphatic rings. The summed E-state index contributed by atoms with van der Waals surface area (Å²) in [5, 5.41) is 8.10. The molecule has 0 N–H and O–H groups in total. The van der Waals surface area contributed by atoms with Crippen LogP contribution in [0, 0.1) is 0 Å². The topological polar surface area (TPSA) is 86.7 Å². The van der Waals surface area contributed by atoms with Gasteiger partial charge < -0.3 is 18.9 Å². The molecule has 9 heteroatoms. The number of benzene rings is 2. The molecule has 4 rings (SSSR count). The second-order valence-electron chi connectivity index (χ2n) is 7.40. The molecule has 0 saturated heterocycles. The van der Waals surface area contributed by atoms with Gasteiger partial charge in [0.1, 0.15) is 5.75 Å². The number of hydrazone groups is 1. The number of ether oxygens (including phenoxy) is 4. The monoisotopic (exact) mass is 480 g/mol. The molecule has 0 spiro atoms. The lowest BCUT2D eigenvalue weighted by Crippen LogP contribution is -2.31. The summed E-state index contributed by atoms with van der Waals surface area (Å²) in [6.07, 6.45) is 0.565. The number of amides is 1. The van der Waals surface area contributed by atoms with Crippen molar-refractivity contribution < 1.29 is 28.5 Å². The standard InChI is InChI=1S/C25H24N2O6S/c1-30-21-11-8-17(13-22(21)31-2)20-14-19(23-5-4-12-34-23)26-27(20)24(28)15-33-18-9-6-16(7-10-18)25(29)32-3/h4-13,20H,14-15H2,1-3H3. The lowest BCUT2D eigenvalue weighted by atomic mass is 10.0. The summed E-state index contributed by atoms with van der Waals surface area (Å²) in [6, 6.07) is 15.6. The summed E-state index contributed by atoms with van der Waals surface area (Å²) in [6.45, 7) is -0.206. The zero-order valence-corrected chi connectivity index (χ0v) is 19.8. The molecule has 1 aliphatic heterocycles. The minimum atomic E-state index is -0.437. The number of thiophene rings is 1. The van der Waals surface area contributed by atoms with Crippen LogP contribution in [0.5, 0.6) is 17.2 Å². The van der Waals surface area contributed by atoms with Gasteiger partial charge in [0.2, 0.25) is 0 Å². The predicted molar refractivity (Wildman–Crippen MR) is 128 cm³/mol. The maximum absolute atomic E-state index is 13.2. The van der Waals surface area contributed by atoms with Gasteiger partial charge >= 0.3 is 5.97 Å². The number of esters is 1. The summed E-state index contributed by atoms with van der Waals surface area (Å²) in [5.41, 5.74) is 2.12. The van der Waals surface area contributed by atoms with Crippen molar-refractivity contribution >= 4 is 28.9 Å². The van der Waals surface area contributed by atoms with Crippen LogP contribution < -0.4 is 14.2 Å². The number of rotatable bonds is 8. The predicted octanol–water partition coefficient (Wildman–Crippen LogP) is 4.31. The maximum Gasteiger partial charge on any atom is 0.337 e. The Labute approximate surface area is 201 Å². The Hall–Kier alpha value is -3.85. The Morgan fingerprint density at radius 3 is 2.44 bits per heavy atom. The molecular weight excluding hydrogens is 456 g/mol. The molecule has 1 atom stereocenters. The van der Waals surface area contributed by atoms with Crippen LogP contribution in [-0.2, 0) is 9.53 Å². The fraction of sp³-hybridized carbons (Fsp3) is 0.240. The third kappa shape index (κ3) is 4.89. The first-order valence-corrected chi connectivity index (χ1v) is 11.4. The van der Waals surface area contributed by atoms with E-state index in [0.29, 0.717) is 29.2 Å². The molecule has 0 radical (unpaired) electrons. The molecule has 0 saturated carbocycles. The van der Waals surface area contributed by atoms with E-state index in [2.05, 4.69) is 5.10 Å². The highest BCUT2D eigenvalue weighted by Crippen LogP contribution is 2.38. The summed E-state index contributed by atoms with van der Waals surface area (Å²) in [7, 11) is 4.48. The third-order valence-electron chi connectivity index (χ3n) is 5.40. The van der Waals surface area contributed by atoms with E-state index in [1.54, 1.807) is 49.8 Å². The van der Waals surface area contributed by atoms with Crippen molar-refractivity contribution in [1.82, 2.24) is 5.01 Å². The van der Waals surface area contributed by atoms with E-state index in [4.69, 9.17) is 18.9 Å². The Kier molecular flexibility index (Phi) is 7.12. The van der Waals surface area contributed by atoms with Crippen molar-refractivity contribution in [3.8, 4) is 17.2 Å². The maximum atomic E-state index is 13.2. The van der Waals surface area contributed by atoms with Crippen molar-refractivity contribution in [2.24, 2.45) is 5.10 Å². The highest BCUT2D eigenvalue weighted by Gasteiger charge is 2.34. The fourth-order valence-electron chi connectivity index (χ4n) is 3.67. The van der Waals surface area contributed by atoms with Crippen LogP contribution in [0.2, 0.25) is 0 Å². The molecule has 0 fully saturated rings. The van der Waals surface area contributed by atoms with Crippen molar-refractivity contribution in [1.29, 1.82) is 0 Å². The van der Waals surface area contributed by atoms with Gasteiger partial charge in [0.25, 0.3) is 5.91 Å². The Morgan fingerprint density at radius 1 is 1.03 bits per heavy atom. The lowest BCUT2D eigenvalue weighted by Gasteiger charge is -2.23. The third-order valence-corrected chi connectivity index (χ3v) is 6.32. The first-order chi connectivity index (χ1) is 16.5. The summed E-state index contributed by atoms with van der Waals surface area (Å²) in [5.74, 6) is 0.931. The number of carbonyl (C=O) groups is 2. The molecule has 0 aliphatic carbocycles. The number of nitrogens with zero attached hydrogens (tertiary/aromatic N) is 2. The van der Waals surface area contributed by atoms with Crippen molar-refractivity contribution in [3.05, 3.63) is 76.0 Å². The summed E-state index contributed by atoms with van der Waals surface area (Å²) < 4.78 is 21.2. The van der Waals surface area contributed by atoms with Gasteiger partial charge in [-0.2, -0.15) is 5.10 Å². The van der Waals surface area contributed by atoms with Crippen molar-refractivity contribution in [2.75, 3.05) is 27.9 Å². The first kappa shape index (κ1) is 23.3. The summed E-state index contributed by atoms with van der Waals surface area (Å²) in [4.78, 5) is 25.8. The van der Waals surface area contributed by atoms with Crippen LogP contribution in [0.15, 0.2) is 65.1 Å². The lowest BCUT2D eigenvalue weighted by molar-refractivity contribution is -0.135. The number of carbonyl (C=O) groups excluding carboxylic acids is 2. The van der Waals surface area contributed by atoms with Gasteiger partial charge in [0.05, 0.1) is 43.5 Å². The zero-order valence-electron chi connectivity index (χ0n) is 19.0. The van der Waals surface area contributed by atoms with Crippen LogP contribution in [-0.4, -0.2) is 50.5 Å². The van der Waals surface area contributed by atoms with Crippen LogP contribution in [0.4, 0.5) is 0 Å². The number of hydrogen-bond acceptors (Lipinski definition) is 8. The molecule has 1 aromatic heterocycles. The Bertz CT molecular complexity index is 1190. The molecule has 1 amide bonds. The SMILES string of the molecule is COC(=O)c1ccc(OCC(=O)N2N=C(c3cccs3)CC2c2ccc(OC)c(OC)c2)cc1. The highest BCUT2D eigenvalue weighted by molar-refractivity contribution is 7.12. The van der Waals surface area contributed by atoms with E-state index < -0.39 is 5.97 Å². The van der Waals surface area contributed by atoms with E-state index in [0.717, 1.165) is 16.2 Å². The van der Waals surface area contributed by atoms with Crippen LogP contribution in [0.25, 0.3) is 0 Å². The van der Waals surface area contributed by atoms with Gasteiger partial charge in [0.15, 0.2) is 18.1 Å². The van der Waals surface area contributed by atoms with Gasteiger partial charge in [-0.15, -0.1) is 11.3 Å². The zero-order chi connectivity index (χ0) is 24.1. The largest absolute Gasteiger partial charge is 0.493 e. The number of hydrogen-bond donors (Lipinski definition) is 0. The molecule has 2 heterocycles. The van der Waals surface area contributed by atoms with E-state index in [-0.39, 0.29) is 18.6 Å². The number of methoxy groups -OCH3 is 3. The molecule has 176 valence electrons. The molecular formula is C25H24N2O6S. The fourth-order valence-corrected chi connectivity index (χ4v) is 4.39. The van der Waals surface area contributed by atoms with E-state index in [1.165, 1.54) is 12.1 Å². The molecule has 34 heavy (non-hydrogen) atoms. The minimum Gasteiger partial charge on any atom is -0.493 e. The van der Waals surface area contributed by atoms with Crippen LogP contribution >= 0.6 is 11.3 Å². The summed E-state index contributed by atoms with van der Waals surface area (Å²) >= 11 is 1.58. The van der Waals surface area contributed by atoms with Gasteiger partial charge in [-0.25, -0.2) is 9.80 Å². The quantitative estimate of drug-likeness (QED) is 0.447. The molecule has 0 bridgehead atoms. The van der Waals surface area contributed by atoms with Gasteiger partial charge in [-0.1, -0.05) is 12.1 Å². The Balaban J connectivity index is 1.54. The van der Waals surface area contributed by atoms with Gasteiger partial charge in [-0.3, -0.25) is 4.79 Å². The molecule has 2 aromatic carbocycles. The average Bonchev–Trinajstić information content (AvgIpc) is 3.57.